The van der Waals surface area contributed by atoms with E-state index in [1.54, 1.807) is 13.8 Å². The molecule has 2 aromatic rings. The summed E-state index contributed by atoms with van der Waals surface area (Å²) in [5.74, 6) is -2.13. The molecule has 1 atom stereocenters. The fourth-order valence-corrected chi connectivity index (χ4v) is 1.93. The first-order chi connectivity index (χ1) is 9.90. The van der Waals surface area contributed by atoms with Crippen molar-refractivity contribution in [1.82, 2.24) is 9.97 Å². The second-order valence-corrected chi connectivity index (χ2v) is 4.43. The number of aromatic nitrogens is 2. The number of hydrogen-bond acceptors (Lipinski definition) is 5. The summed E-state index contributed by atoms with van der Waals surface area (Å²) < 4.78 is 27.0. The van der Waals surface area contributed by atoms with Crippen molar-refractivity contribution < 1.29 is 13.7 Å². The van der Waals surface area contributed by atoms with Crippen LogP contribution in [0.1, 0.15) is 24.4 Å². The second kappa shape index (κ2) is 5.78. The minimum atomic E-state index is -1.22. The quantitative estimate of drug-likeness (QED) is 0.692. The fraction of sp³-hybridized carbons (Fsp3) is 0.231. The predicted octanol–water partition coefficient (Wildman–Crippen LogP) is 3.14. The van der Waals surface area contributed by atoms with E-state index in [0.717, 1.165) is 6.07 Å². The van der Waals surface area contributed by atoms with E-state index in [2.05, 4.69) is 15.3 Å². The molecule has 2 rings (SSSR count). The van der Waals surface area contributed by atoms with Gasteiger partial charge in [-0.15, -0.1) is 0 Å². The summed E-state index contributed by atoms with van der Waals surface area (Å²) in [5.41, 5.74) is 0.265. The number of nitrogens with one attached hydrogen (secondary N) is 1. The lowest BCUT2D eigenvalue weighted by Crippen LogP contribution is -2.12. The van der Waals surface area contributed by atoms with E-state index in [9.17, 15) is 18.9 Å². The molecule has 0 amide bonds. The van der Waals surface area contributed by atoms with E-state index in [4.69, 9.17) is 0 Å². The summed E-state index contributed by atoms with van der Waals surface area (Å²) in [7, 11) is 0. The Hall–Kier alpha value is -2.64. The first kappa shape index (κ1) is 14.8. The molecule has 0 bridgehead atoms. The molecule has 0 radical (unpaired) electrons. The Balaban J connectivity index is 2.33. The number of nitrogens with zero attached hydrogens (tertiary/aromatic N) is 3. The first-order valence-electron chi connectivity index (χ1n) is 6.07. The number of halogens is 2. The normalized spacial score (nSPS) is 12.0. The maximum atomic E-state index is 13.7. The van der Waals surface area contributed by atoms with Crippen LogP contribution in [-0.4, -0.2) is 14.9 Å². The number of rotatable bonds is 4. The predicted molar refractivity (Wildman–Crippen MR) is 71.8 cm³/mol. The van der Waals surface area contributed by atoms with Crippen LogP contribution in [0.3, 0.4) is 0 Å². The Morgan fingerprint density at radius 3 is 2.52 bits per heavy atom. The molecule has 6 nitrogen and oxygen atoms in total. The van der Waals surface area contributed by atoms with E-state index in [0.29, 0.717) is 17.5 Å². The molecular formula is C13H12F2N4O2. The summed E-state index contributed by atoms with van der Waals surface area (Å²) in [6.07, 6.45) is 3.01. The molecule has 0 aliphatic rings. The van der Waals surface area contributed by atoms with Gasteiger partial charge >= 0.3 is 5.69 Å². The highest BCUT2D eigenvalue weighted by atomic mass is 19.1. The average molecular weight is 294 g/mol. The van der Waals surface area contributed by atoms with Gasteiger partial charge in [-0.25, -0.2) is 4.39 Å². The molecule has 1 heterocycles. The molecule has 110 valence electrons. The third-order valence-corrected chi connectivity index (χ3v) is 2.93. The maximum Gasteiger partial charge on any atom is 0.307 e. The summed E-state index contributed by atoms with van der Waals surface area (Å²) in [5, 5.41) is 13.4. The zero-order chi connectivity index (χ0) is 15.6. The highest BCUT2D eigenvalue weighted by molar-refractivity contribution is 5.54. The van der Waals surface area contributed by atoms with Gasteiger partial charge in [0.15, 0.2) is 0 Å². The average Bonchev–Trinajstić information content (AvgIpc) is 2.41. The zero-order valence-electron chi connectivity index (χ0n) is 11.3. The SMILES string of the molecule is Cc1nccnc1C(C)Nc1cc([N+](=O)[O-])c(F)cc1F. The molecule has 0 aliphatic carbocycles. The van der Waals surface area contributed by atoms with E-state index >= 15 is 0 Å². The molecule has 0 aliphatic heterocycles. The Kier molecular flexibility index (Phi) is 4.06. The molecule has 1 aromatic carbocycles. The number of aryl methyl sites for hydroxylation is 1. The Bertz CT molecular complexity index is 694. The van der Waals surface area contributed by atoms with E-state index in [1.165, 1.54) is 12.4 Å². The largest absolute Gasteiger partial charge is 0.374 e. The van der Waals surface area contributed by atoms with Crippen molar-refractivity contribution in [3.8, 4) is 0 Å². The molecule has 0 saturated carbocycles. The Morgan fingerprint density at radius 1 is 1.24 bits per heavy atom. The molecule has 8 heteroatoms. The number of benzene rings is 1. The molecule has 1 N–H and O–H groups in total. The van der Waals surface area contributed by atoms with Crippen LogP contribution in [0.5, 0.6) is 0 Å². The van der Waals surface area contributed by atoms with Crippen LogP contribution >= 0.6 is 0 Å². The number of hydrogen-bond donors (Lipinski definition) is 1. The van der Waals surface area contributed by atoms with Crippen molar-refractivity contribution >= 4 is 11.4 Å². The maximum absolute atomic E-state index is 13.7. The highest BCUT2D eigenvalue weighted by Gasteiger charge is 2.20. The van der Waals surface area contributed by atoms with Crippen LogP contribution in [0.15, 0.2) is 24.5 Å². The van der Waals surface area contributed by atoms with Gasteiger partial charge < -0.3 is 5.32 Å². The van der Waals surface area contributed by atoms with Crippen molar-refractivity contribution in [3.63, 3.8) is 0 Å². The Labute approximate surface area is 119 Å². The molecule has 0 saturated heterocycles. The molecule has 1 aromatic heterocycles. The minimum absolute atomic E-state index is 0.166. The van der Waals surface area contributed by atoms with Gasteiger partial charge in [0.25, 0.3) is 0 Å². The van der Waals surface area contributed by atoms with Crippen molar-refractivity contribution in [1.29, 1.82) is 0 Å². The molecule has 1 unspecified atom stereocenters. The molecule has 0 spiro atoms. The molecule has 0 fully saturated rings. The third-order valence-electron chi connectivity index (χ3n) is 2.93. The van der Waals surface area contributed by atoms with Crippen LogP contribution in [0.4, 0.5) is 20.2 Å². The number of anilines is 1. The summed E-state index contributed by atoms with van der Waals surface area (Å²) in [4.78, 5) is 18.0. The molecule has 21 heavy (non-hydrogen) atoms. The van der Waals surface area contributed by atoms with E-state index < -0.39 is 28.3 Å². The molecular weight excluding hydrogens is 282 g/mol. The van der Waals surface area contributed by atoms with Gasteiger partial charge in [0.05, 0.1) is 28.0 Å². The lowest BCUT2D eigenvalue weighted by molar-refractivity contribution is -0.387. The zero-order valence-corrected chi connectivity index (χ0v) is 11.3. The Morgan fingerprint density at radius 2 is 1.90 bits per heavy atom. The summed E-state index contributed by atoms with van der Waals surface area (Å²) >= 11 is 0. The van der Waals surface area contributed by atoms with Crippen LogP contribution < -0.4 is 5.32 Å². The van der Waals surface area contributed by atoms with Crippen molar-refractivity contribution in [2.75, 3.05) is 5.32 Å². The van der Waals surface area contributed by atoms with Gasteiger partial charge in [-0.05, 0) is 13.8 Å². The fourth-order valence-electron chi connectivity index (χ4n) is 1.93. The smallest absolute Gasteiger partial charge is 0.307 e. The topological polar surface area (TPSA) is 81.0 Å². The van der Waals surface area contributed by atoms with Crippen LogP contribution in [0.25, 0.3) is 0 Å². The van der Waals surface area contributed by atoms with Gasteiger partial charge in [-0.2, -0.15) is 4.39 Å². The van der Waals surface area contributed by atoms with Gasteiger partial charge in [0.2, 0.25) is 5.82 Å². The lowest BCUT2D eigenvalue weighted by Gasteiger charge is -2.16. The standard InChI is InChI=1S/C13H12F2N4O2/c1-7-13(17-4-3-16-7)8(2)18-11-6-12(19(20)21)10(15)5-9(11)14/h3-6,8,18H,1-2H3. The second-order valence-electron chi connectivity index (χ2n) is 4.43. The number of nitro benzene ring substituents is 1. The summed E-state index contributed by atoms with van der Waals surface area (Å²) in [6.45, 7) is 3.44. The van der Waals surface area contributed by atoms with Gasteiger partial charge in [0.1, 0.15) is 5.82 Å². The van der Waals surface area contributed by atoms with Crippen molar-refractivity contribution in [2.45, 2.75) is 19.9 Å². The van der Waals surface area contributed by atoms with Crippen LogP contribution in [0, 0.1) is 28.7 Å². The van der Waals surface area contributed by atoms with Crippen molar-refractivity contribution in [2.24, 2.45) is 0 Å². The van der Waals surface area contributed by atoms with E-state index in [-0.39, 0.29) is 5.69 Å². The van der Waals surface area contributed by atoms with Gasteiger partial charge in [0, 0.05) is 24.5 Å². The third kappa shape index (κ3) is 3.10. The first-order valence-corrected chi connectivity index (χ1v) is 6.07. The van der Waals surface area contributed by atoms with Crippen molar-refractivity contribution in [3.05, 3.63) is 57.7 Å². The lowest BCUT2D eigenvalue weighted by atomic mass is 10.1. The minimum Gasteiger partial charge on any atom is -0.374 e. The van der Waals surface area contributed by atoms with Gasteiger partial charge in [-0.1, -0.05) is 0 Å². The monoisotopic (exact) mass is 294 g/mol. The van der Waals surface area contributed by atoms with Gasteiger partial charge in [-0.3, -0.25) is 20.1 Å². The highest BCUT2D eigenvalue weighted by Crippen LogP contribution is 2.28. The number of nitro groups is 1. The summed E-state index contributed by atoms with van der Waals surface area (Å²) in [6, 6.07) is 0.863. The van der Waals surface area contributed by atoms with Crippen LogP contribution in [0.2, 0.25) is 0 Å². The van der Waals surface area contributed by atoms with E-state index in [1.807, 2.05) is 0 Å². The van der Waals surface area contributed by atoms with Crippen LogP contribution in [-0.2, 0) is 0 Å².